The monoisotopic (exact) mass is 290 g/mol. The number of carbonyl (C=O) groups is 1. The van der Waals surface area contributed by atoms with Gasteiger partial charge in [-0.05, 0) is 51.1 Å². The second kappa shape index (κ2) is 6.60. The number of amides is 1. The fraction of sp³-hybridized carbons (Fsp3) is 0.750. The van der Waals surface area contributed by atoms with Crippen LogP contribution in [0.5, 0.6) is 0 Å². The number of aryl methyl sites for hydroxylation is 1. The molecule has 1 aromatic heterocycles. The zero-order valence-electron chi connectivity index (χ0n) is 12.9. The van der Waals surface area contributed by atoms with Crippen molar-refractivity contribution in [2.24, 2.45) is 5.92 Å². The van der Waals surface area contributed by atoms with E-state index in [1.165, 1.54) is 12.8 Å². The molecule has 5 nitrogen and oxygen atoms in total. The Kier molecular flexibility index (Phi) is 4.58. The Balaban J connectivity index is 1.73. The molecule has 0 bridgehead atoms. The normalized spacial score (nSPS) is 26.2. The summed E-state index contributed by atoms with van der Waals surface area (Å²) < 4.78 is 1.88. The van der Waals surface area contributed by atoms with E-state index in [0.717, 1.165) is 51.0 Å². The molecule has 2 atom stereocenters. The van der Waals surface area contributed by atoms with Gasteiger partial charge in [0, 0.05) is 25.3 Å². The quantitative estimate of drug-likeness (QED) is 0.921. The van der Waals surface area contributed by atoms with E-state index in [1.807, 2.05) is 10.9 Å². The lowest BCUT2D eigenvalue weighted by Gasteiger charge is -2.39. The van der Waals surface area contributed by atoms with Crippen molar-refractivity contribution in [3.8, 4) is 0 Å². The predicted molar refractivity (Wildman–Crippen MR) is 82.2 cm³/mol. The molecule has 116 valence electrons. The maximum Gasteiger partial charge on any atom is 0.257 e. The molecule has 1 amide bonds. The highest BCUT2D eigenvalue weighted by molar-refractivity contribution is 5.94. The Hall–Kier alpha value is -1.36. The molecule has 2 unspecified atom stereocenters. The van der Waals surface area contributed by atoms with Gasteiger partial charge in [-0.15, -0.1) is 0 Å². The van der Waals surface area contributed by atoms with Gasteiger partial charge in [0.15, 0.2) is 0 Å². The standard InChI is InChI=1S/C16H26N4O/c1-2-8-19-12-14(11-18-19)16(21)20-9-4-3-5-15(20)13-6-7-17-10-13/h11-13,15,17H,2-10H2,1H3. The summed E-state index contributed by atoms with van der Waals surface area (Å²) in [5.74, 6) is 0.800. The van der Waals surface area contributed by atoms with Crippen LogP contribution >= 0.6 is 0 Å². The maximum atomic E-state index is 12.8. The van der Waals surface area contributed by atoms with Gasteiger partial charge in [0.2, 0.25) is 0 Å². The van der Waals surface area contributed by atoms with Gasteiger partial charge in [0.05, 0.1) is 11.8 Å². The Morgan fingerprint density at radius 2 is 2.33 bits per heavy atom. The van der Waals surface area contributed by atoms with Crippen molar-refractivity contribution in [3.63, 3.8) is 0 Å². The van der Waals surface area contributed by atoms with Crippen LogP contribution in [0.2, 0.25) is 0 Å². The summed E-state index contributed by atoms with van der Waals surface area (Å²) in [6, 6.07) is 0.413. The highest BCUT2D eigenvalue weighted by Gasteiger charge is 2.34. The Morgan fingerprint density at radius 3 is 3.10 bits per heavy atom. The fourth-order valence-corrected chi connectivity index (χ4v) is 3.70. The van der Waals surface area contributed by atoms with Crippen molar-refractivity contribution in [1.29, 1.82) is 0 Å². The molecule has 3 rings (SSSR count). The lowest BCUT2D eigenvalue weighted by Crippen LogP contribution is -2.48. The summed E-state index contributed by atoms with van der Waals surface area (Å²) in [5, 5.41) is 7.74. The van der Waals surface area contributed by atoms with Gasteiger partial charge >= 0.3 is 0 Å². The van der Waals surface area contributed by atoms with E-state index >= 15 is 0 Å². The minimum absolute atomic E-state index is 0.175. The predicted octanol–water partition coefficient (Wildman–Crippen LogP) is 1.90. The molecule has 2 aliphatic rings. The van der Waals surface area contributed by atoms with Crippen molar-refractivity contribution in [2.45, 2.75) is 51.6 Å². The Bertz CT molecular complexity index is 478. The van der Waals surface area contributed by atoms with Crippen LogP contribution < -0.4 is 5.32 Å². The number of nitrogens with one attached hydrogen (secondary N) is 1. The van der Waals surface area contributed by atoms with E-state index in [0.29, 0.717) is 12.0 Å². The van der Waals surface area contributed by atoms with Crippen LogP contribution in [0, 0.1) is 5.92 Å². The minimum Gasteiger partial charge on any atom is -0.335 e. The van der Waals surface area contributed by atoms with Gasteiger partial charge < -0.3 is 10.2 Å². The minimum atomic E-state index is 0.175. The zero-order chi connectivity index (χ0) is 14.7. The summed E-state index contributed by atoms with van der Waals surface area (Å²) in [7, 11) is 0. The Morgan fingerprint density at radius 1 is 1.43 bits per heavy atom. The van der Waals surface area contributed by atoms with Crippen molar-refractivity contribution in [3.05, 3.63) is 18.0 Å². The second-order valence-electron chi connectivity index (χ2n) is 6.31. The van der Waals surface area contributed by atoms with Crippen molar-refractivity contribution < 1.29 is 4.79 Å². The van der Waals surface area contributed by atoms with Crippen LogP contribution in [0.15, 0.2) is 12.4 Å². The van der Waals surface area contributed by atoms with Crippen LogP contribution in [0.1, 0.15) is 49.4 Å². The molecule has 0 aliphatic carbocycles. The van der Waals surface area contributed by atoms with E-state index < -0.39 is 0 Å². The number of aromatic nitrogens is 2. The molecule has 0 aromatic carbocycles. The number of likely N-dealkylation sites (tertiary alicyclic amines) is 1. The fourth-order valence-electron chi connectivity index (χ4n) is 3.70. The van der Waals surface area contributed by atoms with Crippen LogP contribution in [0.25, 0.3) is 0 Å². The molecule has 2 saturated heterocycles. The first kappa shape index (κ1) is 14.6. The first-order valence-electron chi connectivity index (χ1n) is 8.33. The number of nitrogens with zero attached hydrogens (tertiary/aromatic N) is 3. The van der Waals surface area contributed by atoms with E-state index in [1.54, 1.807) is 6.20 Å². The highest BCUT2D eigenvalue weighted by Crippen LogP contribution is 2.28. The SMILES string of the molecule is CCCn1cc(C(=O)N2CCCCC2C2CCNC2)cn1. The number of rotatable bonds is 4. The van der Waals surface area contributed by atoms with Crippen molar-refractivity contribution in [2.75, 3.05) is 19.6 Å². The van der Waals surface area contributed by atoms with E-state index in [2.05, 4.69) is 22.2 Å². The number of hydrogen-bond acceptors (Lipinski definition) is 3. The summed E-state index contributed by atoms with van der Waals surface area (Å²) in [5.41, 5.74) is 0.751. The second-order valence-corrected chi connectivity index (χ2v) is 6.31. The highest BCUT2D eigenvalue weighted by atomic mass is 16.2. The molecule has 2 aliphatic heterocycles. The molecule has 1 N–H and O–H groups in total. The number of carbonyl (C=O) groups excluding carboxylic acids is 1. The first-order valence-corrected chi connectivity index (χ1v) is 8.33. The van der Waals surface area contributed by atoms with E-state index in [9.17, 15) is 4.79 Å². The zero-order valence-corrected chi connectivity index (χ0v) is 12.9. The number of hydrogen-bond donors (Lipinski definition) is 1. The molecule has 2 fully saturated rings. The van der Waals surface area contributed by atoms with Crippen LogP contribution in [-0.4, -0.2) is 46.3 Å². The van der Waals surface area contributed by atoms with Gasteiger partial charge in [0.25, 0.3) is 5.91 Å². The van der Waals surface area contributed by atoms with Crippen molar-refractivity contribution in [1.82, 2.24) is 20.0 Å². The molecule has 3 heterocycles. The average molecular weight is 290 g/mol. The summed E-state index contributed by atoms with van der Waals surface area (Å²) in [6.07, 6.45) is 9.41. The molecular formula is C16H26N4O. The van der Waals surface area contributed by atoms with E-state index in [4.69, 9.17) is 0 Å². The third-order valence-corrected chi connectivity index (χ3v) is 4.79. The summed E-state index contributed by atoms with van der Waals surface area (Å²) >= 11 is 0. The largest absolute Gasteiger partial charge is 0.335 e. The lowest BCUT2D eigenvalue weighted by atomic mass is 9.89. The van der Waals surface area contributed by atoms with E-state index in [-0.39, 0.29) is 5.91 Å². The van der Waals surface area contributed by atoms with Crippen molar-refractivity contribution >= 4 is 5.91 Å². The smallest absolute Gasteiger partial charge is 0.257 e. The summed E-state index contributed by atoms with van der Waals surface area (Å²) in [6.45, 7) is 6.06. The molecule has 0 radical (unpaired) electrons. The molecular weight excluding hydrogens is 264 g/mol. The number of piperidine rings is 1. The molecule has 21 heavy (non-hydrogen) atoms. The average Bonchev–Trinajstić information content (AvgIpc) is 3.18. The topological polar surface area (TPSA) is 50.2 Å². The first-order chi connectivity index (χ1) is 10.3. The molecule has 1 aromatic rings. The van der Waals surface area contributed by atoms with Gasteiger partial charge in [-0.25, -0.2) is 0 Å². The van der Waals surface area contributed by atoms with Gasteiger partial charge in [0.1, 0.15) is 0 Å². The maximum absolute atomic E-state index is 12.8. The van der Waals surface area contributed by atoms with Crippen LogP contribution in [0.4, 0.5) is 0 Å². The van der Waals surface area contributed by atoms with Crippen LogP contribution in [-0.2, 0) is 6.54 Å². The lowest BCUT2D eigenvalue weighted by molar-refractivity contribution is 0.0530. The molecule has 0 saturated carbocycles. The molecule has 5 heteroatoms. The third kappa shape index (κ3) is 3.12. The van der Waals surface area contributed by atoms with Gasteiger partial charge in [-0.3, -0.25) is 9.48 Å². The third-order valence-electron chi connectivity index (χ3n) is 4.79. The summed E-state index contributed by atoms with van der Waals surface area (Å²) in [4.78, 5) is 15.0. The van der Waals surface area contributed by atoms with Gasteiger partial charge in [-0.2, -0.15) is 5.10 Å². The molecule has 0 spiro atoms. The Labute approximate surface area is 126 Å². The van der Waals surface area contributed by atoms with Gasteiger partial charge in [-0.1, -0.05) is 6.92 Å². The van der Waals surface area contributed by atoms with Crippen LogP contribution in [0.3, 0.4) is 0 Å².